The van der Waals surface area contributed by atoms with E-state index in [1.165, 1.54) is 51.8 Å². The molecule has 0 fully saturated rings. The van der Waals surface area contributed by atoms with Crippen LogP contribution < -0.4 is 5.01 Å². The number of hydrogen-bond donors (Lipinski definition) is 0. The highest BCUT2D eigenvalue weighted by molar-refractivity contribution is 6.01. The summed E-state index contributed by atoms with van der Waals surface area (Å²) >= 11 is 0. The molecule has 0 spiro atoms. The van der Waals surface area contributed by atoms with Gasteiger partial charge in [-0.05, 0) is 91.7 Å². The fourth-order valence-electron chi connectivity index (χ4n) is 5.84. The maximum atomic E-state index is 5.31. The van der Waals surface area contributed by atoms with Gasteiger partial charge in [0.25, 0.3) is 0 Å². The molecular weight excluding hydrogens is 544 g/mol. The Bertz CT molecular complexity index is 1460. The minimum atomic E-state index is 0.0623. The second-order valence-electron chi connectivity index (χ2n) is 17.4. The molecule has 4 rings (SSSR count). The van der Waals surface area contributed by atoms with Crippen LogP contribution in [0.25, 0.3) is 6.08 Å². The van der Waals surface area contributed by atoms with Crippen molar-refractivity contribution >= 4 is 17.5 Å². The Kier molecular flexibility index (Phi) is 9.99. The molecule has 0 aromatic heterocycles. The first-order chi connectivity index (χ1) is 20.8. The van der Waals surface area contributed by atoms with Crippen LogP contribution in [-0.2, 0) is 28.1 Å². The Morgan fingerprint density at radius 1 is 0.644 bits per heavy atom. The van der Waals surface area contributed by atoms with Crippen LogP contribution in [-0.4, -0.2) is 5.71 Å². The van der Waals surface area contributed by atoms with Crippen LogP contribution in [0.5, 0.6) is 0 Å². The van der Waals surface area contributed by atoms with Crippen molar-refractivity contribution in [2.24, 2.45) is 5.10 Å². The Labute approximate surface area is 276 Å². The molecule has 2 nitrogen and oxygen atoms in total. The van der Waals surface area contributed by atoms with E-state index in [0.29, 0.717) is 0 Å². The van der Waals surface area contributed by atoms with Crippen LogP contribution in [0, 0.1) is 0 Å². The third-order valence-corrected chi connectivity index (χ3v) is 9.18. The van der Waals surface area contributed by atoms with Crippen molar-refractivity contribution in [3.8, 4) is 0 Å². The first kappa shape index (κ1) is 34.7. The molecule has 1 atom stereocenters. The van der Waals surface area contributed by atoms with E-state index >= 15 is 0 Å². The first-order valence-electron chi connectivity index (χ1n) is 17.2. The molecule has 1 heterocycles. The van der Waals surface area contributed by atoms with Gasteiger partial charge in [-0.25, -0.2) is 0 Å². The van der Waals surface area contributed by atoms with Gasteiger partial charge in [0.2, 0.25) is 0 Å². The van der Waals surface area contributed by atoms with E-state index in [1.54, 1.807) is 0 Å². The van der Waals surface area contributed by atoms with Crippen molar-refractivity contribution in [3.63, 3.8) is 0 Å². The number of hydrazone groups is 1. The Morgan fingerprint density at radius 3 is 1.56 bits per heavy atom. The number of hydrogen-bond acceptors (Lipinski definition) is 2. The van der Waals surface area contributed by atoms with Crippen molar-refractivity contribution in [2.45, 2.75) is 143 Å². The number of unbranched alkanes of at least 4 members (excludes halogenated alkanes) is 1. The maximum Gasteiger partial charge on any atom is 0.0831 e. The van der Waals surface area contributed by atoms with Crippen LogP contribution in [0.4, 0.5) is 5.69 Å². The lowest BCUT2D eigenvalue weighted by atomic mass is 9.78. The van der Waals surface area contributed by atoms with Gasteiger partial charge in [0.05, 0.1) is 17.4 Å². The van der Waals surface area contributed by atoms with Crippen molar-refractivity contribution in [3.05, 3.63) is 106 Å². The molecule has 0 N–H and O–H groups in total. The molecule has 0 bridgehead atoms. The van der Waals surface area contributed by atoms with Gasteiger partial charge in [0.15, 0.2) is 0 Å². The minimum absolute atomic E-state index is 0.0623. The molecule has 3 aromatic rings. The van der Waals surface area contributed by atoms with Gasteiger partial charge >= 0.3 is 0 Å². The maximum absolute atomic E-state index is 5.31. The lowest BCUT2D eigenvalue weighted by Crippen LogP contribution is -2.22. The molecule has 0 aliphatic carbocycles. The number of nitrogens with zero attached hydrogens (tertiary/aromatic N) is 2. The molecule has 3 aromatic carbocycles. The van der Waals surface area contributed by atoms with Crippen LogP contribution in [0.3, 0.4) is 0 Å². The molecule has 0 amide bonds. The second-order valence-corrected chi connectivity index (χ2v) is 17.4. The number of aryl methyl sites for hydroxylation is 1. The molecule has 2 heteroatoms. The fraction of sp³-hybridized carbons (Fsp3) is 0.512. The predicted octanol–water partition coefficient (Wildman–Crippen LogP) is 12.2. The van der Waals surface area contributed by atoms with Gasteiger partial charge in [0.1, 0.15) is 0 Å². The zero-order valence-corrected chi connectivity index (χ0v) is 30.7. The quantitative estimate of drug-likeness (QED) is 0.262. The summed E-state index contributed by atoms with van der Waals surface area (Å²) in [5.41, 5.74) is 12.1. The predicted molar refractivity (Wildman–Crippen MR) is 199 cm³/mol. The van der Waals surface area contributed by atoms with Crippen molar-refractivity contribution in [1.29, 1.82) is 0 Å². The topological polar surface area (TPSA) is 15.6 Å². The monoisotopic (exact) mass is 604 g/mol. The Balaban J connectivity index is 1.79. The van der Waals surface area contributed by atoms with E-state index in [-0.39, 0.29) is 27.7 Å². The van der Waals surface area contributed by atoms with E-state index in [9.17, 15) is 0 Å². The smallest absolute Gasteiger partial charge is 0.0831 e. The van der Waals surface area contributed by atoms with E-state index in [4.69, 9.17) is 5.10 Å². The van der Waals surface area contributed by atoms with Crippen LogP contribution in [0.2, 0.25) is 0 Å². The SMILES string of the molecule is CCCCc1ccc(N2N=C(C=Cc3cc(C(C)(C)C)cc(C(C)(C)C)c3)CC2c2cc(C(C)(C)C)cc(C(C)(C)C)c2)cc1. The van der Waals surface area contributed by atoms with E-state index in [1.807, 2.05) is 0 Å². The largest absolute Gasteiger partial charge is 0.257 e. The molecule has 0 saturated carbocycles. The zero-order valence-electron chi connectivity index (χ0n) is 30.7. The molecule has 1 aliphatic rings. The third-order valence-electron chi connectivity index (χ3n) is 9.18. The highest BCUT2D eigenvalue weighted by Crippen LogP contribution is 2.40. The number of anilines is 1. The Hall–Kier alpha value is -3.13. The summed E-state index contributed by atoms with van der Waals surface area (Å²) in [6.45, 7) is 30.0. The lowest BCUT2D eigenvalue weighted by Gasteiger charge is -2.30. The summed E-state index contributed by atoms with van der Waals surface area (Å²) < 4.78 is 0. The molecule has 1 unspecified atom stereocenters. The lowest BCUT2D eigenvalue weighted by molar-refractivity contribution is 0.563. The molecule has 0 saturated heterocycles. The number of rotatable bonds is 7. The third kappa shape index (κ3) is 8.78. The summed E-state index contributed by atoms with van der Waals surface area (Å²) in [6, 6.07) is 23.7. The number of benzene rings is 3. The van der Waals surface area contributed by atoms with E-state index < -0.39 is 0 Å². The van der Waals surface area contributed by atoms with Gasteiger partial charge in [-0.1, -0.05) is 151 Å². The van der Waals surface area contributed by atoms with Crippen LogP contribution in [0.15, 0.2) is 71.8 Å². The van der Waals surface area contributed by atoms with E-state index in [2.05, 4.69) is 168 Å². The Morgan fingerprint density at radius 2 is 1.11 bits per heavy atom. The fourth-order valence-corrected chi connectivity index (χ4v) is 5.84. The van der Waals surface area contributed by atoms with Gasteiger partial charge < -0.3 is 0 Å². The highest BCUT2D eigenvalue weighted by Gasteiger charge is 2.31. The van der Waals surface area contributed by atoms with Crippen molar-refractivity contribution in [2.75, 3.05) is 5.01 Å². The van der Waals surface area contributed by atoms with Gasteiger partial charge in [-0.3, -0.25) is 5.01 Å². The summed E-state index contributed by atoms with van der Waals surface area (Å²) in [5, 5.41) is 7.59. The summed E-state index contributed by atoms with van der Waals surface area (Å²) in [7, 11) is 0. The van der Waals surface area contributed by atoms with Crippen molar-refractivity contribution < 1.29 is 0 Å². The summed E-state index contributed by atoms with van der Waals surface area (Å²) in [6.07, 6.45) is 8.98. The van der Waals surface area contributed by atoms with Gasteiger partial charge in [-0.15, -0.1) is 0 Å². The van der Waals surface area contributed by atoms with Crippen molar-refractivity contribution in [1.82, 2.24) is 0 Å². The minimum Gasteiger partial charge on any atom is -0.257 e. The zero-order chi connectivity index (χ0) is 33.4. The van der Waals surface area contributed by atoms with Gasteiger partial charge in [0, 0.05) is 6.42 Å². The molecule has 45 heavy (non-hydrogen) atoms. The average molecular weight is 605 g/mol. The van der Waals surface area contributed by atoms with Crippen LogP contribution in [0.1, 0.15) is 154 Å². The first-order valence-corrected chi connectivity index (χ1v) is 17.2. The summed E-state index contributed by atoms with van der Waals surface area (Å²) in [4.78, 5) is 0. The molecular formula is C43H60N2. The summed E-state index contributed by atoms with van der Waals surface area (Å²) in [5.74, 6) is 0. The molecule has 0 radical (unpaired) electrons. The van der Waals surface area contributed by atoms with Crippen LogP contribution >= 0.6 is 0 Å². The normalized spacial score (nSPS) is 16.5. The van der Waals surface area contributed by atoms with E-state index in [0.717, 1.165) is 24.2 Å². The standard InChI is InChI=1S/C43H60N2/c1-14-15-16-30-18-21-38(22-19-30)45-39(32-25-35(42(8,9)10)28-36(26-32)43(11,12)13)29-37(44-45)20-17-31-23-33(40(2,3)4)27-34(24-31)41(5,6)7/h17-28,39H,14-16,29H2,1-13H3. The second kappa shape index (κ2) is 12.9. The van der Waals surface area contributed by atoms with Gasteiger partial charge in [-0.2, -0.15) is 5.10 Å². The molecule has 242 valence electrons. The number of allylic oxidation sites excluding steroid dienone is 1. The molecule has 1 aliphatic heterocycles. The average Bonchev–Trinajstić information content (AvgIpc) is 3.37. The highest BCUT2D eigenvalue weighted by atomic mass is 15.5.